The van der Waals surface area contributed by atoms with E-state index in [4.69, 9.17) is 32.7 Å². The number of Topliss-reactive ketones (excluding diaryl/α,β-unsaturated/α-hetero) is 2. The zero-order valence-corrected chi connectivity index (χ0v) is 49.4. The smallest absolute Gasteiger partial charge is 0.229 e. The first-order valence-electron chi connectivity index (χ1n) is 26.7. The van der Waals surface area contributed by atoms with E-state index in [1.165, 1.54) is 32.9 Å². The van der Waals surface area contributed by atoms with Gasteiger partial charge in [-0.15, -0.1) is 0 Å². The van der Waals surface area contributed by atoms with Gasteiger partial charge in [0.15, 0.2) is 21.5 Å². The third-order valence-electron chi connectivity index (χ3n) is 13.7. The summed E-state index contributed by atoms with van der Waals surface area (Å²) in [7, 11) is -3.97. The summed E-state index contributed by atoms with van der Waals surface area (Å²) in [5, 5.41) is 20.6. The highest BCUT2D eigenvalue weighted by Gasteiger charge is 2.31. The first-order chi connectivity index (χ1) is 37.3. The summed E-state index contributed by atoms with van der Waals surface area (Å²) in [4.78, 5) is 41.3. The van der Waals surface area contributed by atoms with Crippen LogP contribution in [0.1, 0.15) is 140 Å². The number of halogens is 2. The Morgan fingerprint density at radius 2 is 1.06 bits per heavy atom. The molecule has 79 heavy (non-hydrogen) atoms. The van der Waals surface area contributed by atoms with Gasteiger partial charge in [-0.25, -0.2) is 26.8 Å². The number of anilines is 8. The van der Waals surface area contributed by atoms with E-state index in [2.05, 4.69) is 64.4 Å². The number of hydrogen-bond acceptors (Lipinski definition) is 18. The highest BCUT2D eigenvalue weighted by atomic mass is 35.5. The summed E-state index contributed by atoms with van der Waals surface area (Å²) < 4.78 is 66.9. The van der Waals surface area contributed by atoms with Crippen molar-refractivity contribution >= 4 is 101 Å². The molecule has 9 rings (SSSR count). The minimum atomic E-state index is -3.65. The van der Waals surface area contributed by atoms with Crippen LogP contribution >= 0.6 is 23.2 Å². The minimum absolute atomic E-state index is 0.0285. The molecular formula is C55H70Cl2N12O8S2. The first-order valence-corrected chi connectivity index (χ1v) is 30.6. The van der Waals surface area contributed by atoms with Crippen molar-refractivity contribution in [3.05, 3.63) is 81.4 Å². The molecule has 3 aliphatic rings. The maximum atomic E-state index is 13.0. The standard InChI is InChI=1S/C28H35ClN6O4S.C27H35ClN6O4S/c1-16(2)15-40(37,38)27-24(14-35(4)34-27)31-26-22(29)13-30-28(33-26)32-23-11-17(3)21(12-25(23)39-20-9-10-20)18-5-7-19(36)8-6-18;1-15(2)38-24-12-20(18-7-9-19(35)10-8-18)17(5)11-22(24)31-27-29-13-21(28)25(32-27)30-23-14-34(6)33-26(23)39(36,37)16(3)4/h11-14,16,18,20H,5-10,15H2,1-4H3,(H2,30,31,32,33);11-16,18H,7-10H2,1-6H3,(H2,29,30,31,32). The molecule has 2 aromatic carbocycles. The minimum Gasteiger partial charge on any atom is -0.489 e. The Bertz CT molecular complexity index is 3450. The molecule has 0 saturated heterocycles. The van der Waals surface area contributed by atoms with E-state index in [9.17, 15) is 26.4 Å². The van der Waals surface area contributed by atoms with E-state index in [0.29, 0.717) is 66.2 Å². The topological polar surface area (TPSA) is 256 Å². The number of ether oxygens (including phenoxy) is 2. The summed E-state index contributed by atoms with van der Waals surface area (Å²) >= 11 is 12.8. The number of rotatable bonds is 19. The number of carbonyl (C=O) groups excluding carboxylic acids is 2. The largest absolute Gasteiger partial charge is 0.489 e. The Hall–Kier alpha value is -6.36. The SMILES string of the molecule is Cc1cc(Nc2ncc(Cl)c(Nc3cn(C)nc3S(=O)(=O)C(C)C)n2)c(OC(C)C)cc1C1CCC(=O)CC1.Cc1cc(Nc2ncc(Cl)c(Nc3cn(C)nc3S(=O)(=O)CC(C)C)n2)c(OC2CC2)cc1C1CCC(=O)CC1. The first kappa shape index (κ1) is 58.8. The third-order valence-corrected chi connectivity index (χ3v) is 18.3. The number of sulfone groups is 2. The van der Waals surface area contributed by atoms with E-state index in [1.54, 1.807) is 40.3 Å². The zero-order chi connectivity index (χ0) is 57.1. The molecule has 3 aliphatic carbocycles. The number of ketones is 2. The zero-order valence-electron chi connectivity index (χ0n) is 46.3. The molecule has 3 saturated carbocycles. The van der Waals surface area contributed by atoms with Crippen molar-refractivity contribution in [2.75, 3.05) is 27.0 Å². The van der Waals surface area contributed by atoms with Crippen molar-refractivity contribution in [1.82, 2.24) is 39.5 Å². The fraction of sp³-hybridized carbons (Fsp3) is 0.491. The molecular weight excluding hydrogens is 1090 g/mol. The predicted molar refractivity (Wildman–Crippen MR) is 307 cm³/mol. The molecule has 0 atom stereocenters. The molecule has 24 heteroatoms. The molecule has 0 aliphatic heterocycles. The van der Waals surface area contributed by atoms with Crippen LogP contribution in [-0.4, -0.2) is 91.1 Å². The Morgan fingerprint density at radius 3 is 1.51 bits per heavy atom. The Kier molecular flexibility index (Phi) is 18.3. The van der Waals surface area contributed by atoms with Crippen molar-refractivity contribution in [3.8, 4) is 11.5 Å². The van der Waals surface area contributed by atoms with Crippen molar-refractivity contribution in [1.29, 1.82) is 0 Å². The van der Waals surface area contributed by atoms with Gasteiger partial charge in [-0.1, -0.05) is 37.0 Å². The molecule has 20 nitrogen and oxygen atoms in total. The van der Waals surface area contributed by atoms with Crippen molar-refractivity contribution in [2.45, 2.75) is 159 Å². The Labute approximate surface area is 472 Å². The summed E-state index contributed by atoms with van der Waals surface area (Å²) in [6.07, 6.45) is 14.0. The van der Waals surface area contributed by atoms with Crippen LogP contribution in [-0.2, 0) is 43.4 Å². The van der Waals surface area contributed by atoms with Crippen LogP contribution in [0.25, 0.3) is 0 Å². The van der Waals surface area contributed by atoms with Gasteiger partial charge in [0.25, 0.3) is 0 Å². The number of benzene rings is 2. The predicted octanol–water partition coefficient (Wildman–Crippen LogP) is 11.7. The molecule has 6 aromatic rings. The highest BCUT2D eigenvalue weighted by molar-refractivity contribution is 7.92. The summed E-state index contributed by atoms with van der Waals surface area (Å²) in [6, 6.07) is 8.17. The van der Waals surface area contributed by atoms with Gasteiger partial charge in [0, 0.05) is 52.2 Å². The van der Waals surface area contributed by atoms with Crippen molar-refractivity contribution < 1.29 is 35.9 Å². The van der Waals surface area contributed by atoms with Gasteiger partial charge in [0.05, 0.1) is 58.4 Å². The molecule has 4 aromatic heterocycles. The van der Waals surface area contributed by atoms with Gasteiger partial charge in [-0.2, -0.15) is 20.2 Å². The molecule has 0 radical (unpaired) electrons. The van der Waals surface area contributed by atoms with Crippen LogP contribution in [0.15, 0.2) is 59.1 Å². The van der Waals surface area contributed by atoms with Crippen LogP contribution in [0.3, 0.4) is 0 Å². The normalized spacial score (nSPS) is 15.6. The lowest BCUT2D eigenvalue weighted by molar-refractivity contribution is -0.121. The quantitative estimate of drug-likeness (QED) is 0.0588. The monoisotopic (exact) mass is 1160 g/mol. The number of carbonyl (C=O) groups is 2. The Balaban J connectivity index is 0.000000208. The maximum absolute atomic E-state index is 13.0. The number of aryl methyl sites for hydroxylation is 4. The van der Waals surface area contributed by atoms with Crippen molar-refractivity contribution in [3.63, 3.8) is 0 Å². The number of nitrogens with zero attached hydrogens (tertiary/aromatic N) is 8. The fourth-order valence-corrected chi connectivity index (χ4v) is 12.7. The van der Waals surface area contributed by atoms with E-state index >= 15 is 0 Å². The lowest BCUT2D eigenvalue weighted by atomic mass is 9.81. The molecule has 424 valence electrons. The average Bonchev–Trinajstić information content (AvgIpc) is 4.05. The third kappa shape index (κ3) is 14.7. The van der Waals surface area contributed by atoms with Gasteiger partial charge in [0.2, 0.25) is 31.8 Å². The lowest BCUT2D eigenvalue weighted by Crippen LogP contribution is -2.16. The maximum Gasteiger partial charge on any atom is 0.229 e. The molecule has 0 spiro atoms. The average molecular weight is 1160 g/mol. The number of hydrogen-bond donors (Lipinski definition) is 4. The lowest BCUT2D eigenvalue weighted by Gasteiger charge is -2.25. The summed E-state index contributed by atoms with van der Waals surface area (Å²) in [6.45, 7) is 14.9. The van der Waals surface area contributed by atoms with E-state index in [-0.39, 0.29) is 73.2 Å². The van der Waals surface area contributed by atoms with Gasteiger partial charge < -0.3 is 30.7 Å². The van der Waals surface area contributed by atoms with Crippen LogP contribution in [0.2, 0.25) is 10.0 Å². The fourth-order valence-electron chi connectivity index (χ4n) is 9.61. The van der Waals surface area contributed by atoms with Crippen LogP contribution in [0, 0.1) is 19.8 Å². The van der Waals surface area contributed by atoms with Gasteiger partial charge in [0.1, 0.15) is 33.1 Å². The van der Waals surface area contributed by atoms with Crippen LogP contribution in [0.4, 0.5) is 46.3 Å². The highest BCUT2D eigenvalue weighted by Crippen LogP contribution is 2.43. The van der Waals surface area contributed by atoms with E-state index < -0.39 is 24.9 Å². The second-order valence-electron chi connectivity index (χ2n) is 21.6. The second kappa shape index (κ2) is 24.6. The molecule has 3 fully saturated rings. The molecule has 0 unspecified atom stereocenters. The van der Waals surface area contributed by atoms with E-state index in [1.807, 2.05) is 52.8 Å². The second-order valence-corrected chi connectivity index (χ2v) is 26.8. The molecule has 0 amide bonds. The van der Waals surface area contributed by atoms with Crippen molar-refractivity contribution in [2.24, 2.45) is 20.0 Å². The van der Waals surface area contributed by atoms with Crippen LogP contribution < -0.4 is 30.7 Å². The molecule has 0 bridgehead atoms. The number of nitrogens with one attached hydrogen (secondary N) is 4. The molecule has 4 heterocycles. The number of aromatic nitrogens is 8. The summed E-state index contributed by atoms with van der Waals surface area (Å²) in [5.74, 6) is 3.61. The van der Waals surface area contributed by atoms with E-state index in [0.717, 1.165) is 61.1 Å². The Morgan fingerprint density at radius 1 is 0.620 bits per heavy atom. The summed E-state index contributed by atoms with van der Waals surface area (Å²) in [5.41, 5.74) is 6.56. The van der Waals surface area contributed by atoms with Crippen LogP contribution in [0.5, 0.6) is 11.5 Å². The van der Waals surface area contributed by atoms with Gasteiger partial charge in [-0.05, 0) is 144 Å². The molecule has 4 N–H and O–H groups in total. The van der Waals surface area contributed by atoms with Gasteiger partial charge in [-0.3, -0.25) is 19.0 Å². The van der Waals surface area contributed by atoms with Gasteiger partial charge >= 0.3 is 0 Å².